The molecule has 0 bridgehead atoms. The summed E-state index contributed by atoms with van der Waals surface area (Å²) in [5, 5.41) is 13.3. The van der Waals surface area contributed by atoms with Crippen LogP contribution in [0.3, 0.4) is 0 Å². The number of hydrogen-bond acceptors (Lipinski definition) is 6. The van der Waals surface area contributed by atoms with Gasteiger partial charge in [0.15, 0.2) is 16.6 Å². The molecule has 1 aliphatic heterocycles. The van der Waals surface area contributed by atoms with Crippen molar-refractivity contribution in [1.82, 2.24) is 20.1 Å². The Labute approximate surface area is 186 Å². The molecule has 0 aliphatic carbocycles. The minimum Gasteiger partial charge on any atom is -0.364 e. The summed E-state index contributed by atoms with van der Waals surface area (Å²) in [4.78, 5) is 20.1. The summed E-state index contributed by atoms with van der Waals surface area (Å²) in [6.45, 7) is 6.62. The number of pyridine rings is 1. The fourth-order valence-electron chi connectivity index (χ4n) is 3.87. The molecule has 1 aromatic carbocycles. The highest BCUT2D eigenvalue weighted by Crippen LogP contribution is 2.25. The van der Waals surface area contributed by atoms with Gasteiger partial charge in [-0.1, -0.05) is 19.9 Å². The molecular weight excluding hydrogens is 410 g/mol. The zero-order valence-corrected chi connectivity index (χ0v) is 18.3. The summed E-state index contributed by atoms with van der Waals surface area (Å²) < 4.78 is 0. The molecule has 4 rings (SSSR count). The third kappa shape index (κ3) is 4.41. The molecule has 1 atom stereocenters. The molecule has 160 valence electrons. The number of fused-ring (bicyclic) bond motifs is 1. The van der Waals surface area contributed by atoms with Crippen molar-refractivity contribution >= 4 is 45.6 Å². The van der Waals surface area contributed by atoms with Gasteiger partial charge in [-0.15, -0.1) is 10.2 Å². The molecule has 1 amide bonds. The number of nitrogens with two attached hydrogens (primary N) is 1. The molecular formula is C22H25N7OS. The van der Waals surface area contributed by atoms with Gasteiger partial charge in [0.05, 0.1) is 11.6 Å². The van der Waals surface area contributed by atoms with Gasteiger partial charge in [-0.25, -0.2) is 0 Å². The minimum absolute atomic E-state index is 0.165. The predicted molar refractivity (Wildman–Crippen MR) is 126 cm³/mol. The maximum Gasteiger partial charge on any atom is 0.269 e. The van der Waals surface area contributed by atoms with Crippen LogP contribution >= 0.6 is 12.2 Å². The summed E-state index contributed by atoms with van der Waals surface area (Å²) in [5.74, 6) is 0.521. The van der Waals surface area contributed by atoms with Gasteiger partial charge < -0.3 is 20.9 Å². The Morgan fingerprint density at radius 2 is 2.00 bits per heavy atom. The average Bonchev–Trinajstić information content (AvgIpc) is 2.79. The van der Waals surface area contributed by atoms with E-state index >= 15 is 0 Å². The summed E-state index contributed by atoms with van der Waals surface area (Å²) in [5.41, 5.74) is 7.31. The van der Waals surface area contributed by atoms with Crippen LogP contribution in [-0.2, 0) is 0 Å². The average molecular weight is 436 g/mol. The van der Waals surface area contributed by atoms with Gasteiger partial charge in [-0.2, -0.15) is 0 Å². The molecule has 0 saturated carbocycles. The van der Waals surface area contributed by atoms with Crippen LogP contribution in [-0.4, -0.2) is 56.8 Å². The van der Waals surface area contributed by atoms with Crippen molar-refractivity contribution in [3.8, 4) is 0 Å². The Morgan fingerprint density at radius 3 is 2.71 bits per heavy atom. The number of hydrogen-bond donors (Lipinski definition) is 2. The number of piperazine rings is 1. The van der Waals surface area contributed by atoms with Crippen LogP contribution in [0.5, 0.6) is 0 Å². The molecule has 31 heavy (non-hydrogen) atoms. The second-order valence-corrected chi connectivity index (χ2v) is 8.28. The van der Waals surface area contributed by atoms with Gasteiger partial charge in [0.1, 0.15) is 0 Å². The monoisotopic (exact) mass is 435 g/mol. The number of thiocarbonyl (C=S) groups is 1. The lowest BCUT2D eigenvalue weighted by molar-refractivity contribution is 0.0994. The number of carbonyl (C=O) groups is 1. The molecule has 0 radical (unpaired) electrons. The number of carbonyl (C=O) groups excluding carboxylic acids is 1. The molecule has 3 heterocycles. The van der Waals surface area contributed by atoms with E-state index < -0.39 is 5.91 Å². The first kappa shape index (κ1) is 20.9. The van der Waals surface area contributed by atoms with Crippen LogP contribution in [0.1, 0.15) is 24.3 Å². The first-order chi connectivity index (χ1) is 14.9. The molecule has 1 fully saturated rings. The van der Waals surface area contributed by atoms with Crippen molar-refractivity contribution in [2.45, 2.75) is 19.9 Å². The van der Waals surface area contributed by atoms with Crippen molar-refractivity contribution in [2.75, 3.05) is 29.9 Å². The number of nitrogens with one attached hydrogen (secondary N) is 1. The van der Waals surface area contributed by atoms with E-state index in [1.165, 1.54) is 0 Å². The fourth-order valence-corrected chi connectivity index (χ4v) is 4.20. The van der Waals surface area contributed by atoms with E-state index in [2.05, 4.69) is 44.1 Å². The van der Waals surface area contributed by atoms with Crippen molar-refractivity contribution in [2.24, 2.45) is 11.7 Å². The molecule has 1 saturated heterocycles. The normalized spacial score (nSPS) is 16.5. The van der Waals surface area contributed by atoms with Crippen molar-refractivity contribution in [3.63, 3.8) is 0 Å². The Hall–Kier alpha value is -3.33. The molecule has 1 unspecified atom stereocenters. The quantitative estimate of drug-likeness (QED) is 0.604. The highest BCUT2D eigenvalue weighted by atomic mass is 32.1. The molecule has 3 aromatic rings. The number of amides is 1. The van der Waals surface area contributed by atoms with Crippen LogP contribution in [0.4, 0.5) is 11.5 Å². The summed E-state index contributed by atoms with van der Waals surface area (Å²) >= 11 is 5.81. The predicted octanol–water partition coefficient (Wildman–Crippen LogP) is 2.67. The van der Waals surface area contributed by atoms with Crippen LogP contribution < -0.4 is 16.0 Å². The van der Waals surface area contributed by atoms with Crippen LogP contribution in [0.2, 0.25) is 0 Å². The van der Waals surface area contributed by atoms with Gasteiger partial charge in [0.25, 0.3) is 5.91 Å². The van der Waals surface area contributed by atoms with E-state index in [1.54, 1.807) is 18.3 Å². The van der Waals surface area contributed by atoms with E-state index in [1.807, 2.05) is 30.3 Å². The fraction of sp³-hybridized carbons (Fsp3) is 0.318. The van der Waals surface area contributed by atoms with E-state index in [-0.39, 0.29) is 11.7 Å². The molecule has 1 aliphatic rings. The van der Waals surface area contributed by atoms with Crippen LogP contribution in [0, 0.1) is 5.92 Å². The lowest BCUT2D eigenvalue weighted by Crippen LogP contribution is -2.58. The minimum atomic E-state index is -0.580. The first-order valence-electron chi connectivity index (χ1n) is 10.2. The van der Waals surface area contributed by atoms with Gasteiger partial charge in [-0.05, 0) is 54.5 Å². The maximum absolute atomic E-state index is 11.3. The van der Waals surface area contributed by atoms with E-state index in [0.717, 1.165) is 42.0 Å². The maximum atomic E-state index is 11.3. The second kappa shape index (κ2) is 8.81. The lowest BCUT2D eigenvalue weighted by Gasteiger charge is -2.45. The zero-order valence-electron chi connectivity index (χ0n) is 17.5. The van der Waals surface area contributed by atoms with Gasteiger partial charge >= 0.3 is 0 Å². The van der Waals surface area contributed by atoms with E-state index in [4.69, 9.17) is 18.0 Å². The number of primary amides is 1. The van der Waals surface area contributed by atoms with Crippen molar-refractivity contribution < 1.29 is 4.79 Å². The van der Waals surface area contributed by atoms with Gasteiger partial charge in [0, 0.05) is 36.9 Å². The molecule has 2 aromatic heterocycles. The van der Waals surface area contributed by atoms with Crippen molar-refractivity contribution in [1.29, 1.82) is 0 Å². The molecule has 3 N–H and O–H groups in total. The Bertz CT molecular complexity index is 1100. The SMILES string of the molecule is CC(C)C1CN(c2ccc(C(N)=O)nn2)CCN1C(=S)Nc1cccc2ncccc12. The molecule has 8 nitrogen and oxygen atoms in total. The first-order valence-corrected chi connectivity index (χ1v) is 10.6. The Morgan fingerprint density at radius 1 is 1.16 bits per heavy atom. The highest BCUT2D eigenvalue weighted by molar-refractivity contribution is 7.80. The number of nitrogens with zero attached hydrogens (tertiary/aromatic N) is 5. The Balaban J connectivity index is 1.51. The van der Waals surface area contributed by atoms with Crippen LogP contribution in [0.25, 0.3) is 10.9 Å². The smallest absolute Gasteiger partial charge is 0.269 e. The standard InChI is InChI=1S/C22H25N7OS/c1-14(2)19-13-28(20-9-8-18(21(23)30)26-27-20)11-12-29(19)22(31)25-17-7-3-6-16-15(17)5-4-10-24-16/h3-10,14,19H,11-13H2,1-2H3,(H2,23,30)(H,25,31). The second-order valence-electron chi connectivity index (χ2n) is 7.90. The van der Waals surface area contributed by atoms with Gasteiger partial charge in [0.2, 0.25) is 0 Å². The third-order valence-corrected chi connectivity index (χ3v) is 5.90. The third-order valence-electron chi connectivity index (χ3n) is 5.56. The molecule has 9 heteroatoms. The number of anilines is 2. The Kier molecular flexibility index (Phi) is 5.94. The highest BCUT2D eigenvalue weighted by Gasteiger charge is 2.31. The number of aromatic nitrogens is 3. The van der Waals surface area contributed by atoms with Crippen LogP contribution in [0.15, 0.2) is 48.7 Å². The van der Waals surface area contributed by atoms with E-state index in [0.29, 0.717) is 11.0 Å². The summed E-state index contributed by atoms with van der Waals surface area (Å²) in [7, 11) is 0. The van der Waals surface area contributed by atoms with E-state index in [9.17, 15) is 4.79 Å². The van der Waals surface area contributed by atoms with Gasteiger partial charge in [-0.3, -0.25) is 9.78 Å². The summed E-state index contributed by atoms with van der Waals surface area (Å²) in [6, 6.07) is 13.6. The largest absolute Gasteiger partial charge is 0.364 e. The molecule has 0 spiro atoms. The van der Waals surface area contributed by atoms with Crippen molar-refractivity contribution in [3.05, 3.63) is 54.4 Å². The topological polar surface area (TPSA) is 100 Å². The summed E-state index contributed by atoms with van der Waals surface area (Å²) in [6.07, 6.45) is 1.79. The number of benzene rings is 1. The number of rotatable bonds is 4. The zero-order chi connectivity index (χ0) is 22.0. The lowest BCUT2D eigenvalue weighted by atomic mass is 10.00.